The number of para-hydroxylation sites is 2. The number of benzene rings is 2. The minimum Gasteiger partial charge on any atom is -0.314 e. The van der Waals surface area contributed by atoms with E-state index in [9.17, 15) is 4.79 Å². The zero-order valence-corrected chi connectivity index (χ0v) is 17.7. The van der Waals surface area contributed by atoms with Crippen molar-refractivity contribution < 1.29 is 4.79 Å². The number of thioether (sulfide) groups is 1. The number of thiophene rings is 1. The maximum Gasteiger partial charge on any atom is 0.250 e. The standard InChI is InChI=1S/C21H17ClN4OS2/c22-16-9-7-15(8-10-16)13-26-19-6-2-1-5-18(19)24-21(26)29-14-20(27)25-23-12-17-4-3-11-28-17/h1-12H,13-14H2,(H,25,27)/b23-12-. The third-order valence-electron chi connectivity index (χ3n) is 4.13. The predicted molar refractivity (Wildman–Crippen MR) is 121 cm³/mol. The number of carbonyl (C=O) groups is 1. The quantitative estimate of drug-likeness (QED) is 0.249. The number of halogens is 1. The fourth-order valence-electron chi connectivity index (χ4n) is 2.78. The van der Waals surface area contributed by atoms with Crippen molar-refractivity contribution in [1.82, 2.24) is 15.0 Å². The molecule has 0 saturated heterocycles. The SMILES string of the molecule is O=C(CSc1nc2ccccc2n1Cc1ccc(Cl)cc1)N/N=C\c1cccs1. The number of nitrogens with one attached hydrogen (secondary N) is 1. The van der Waals surface area contributed by atoms with Gasteiger partial charge in [-0.25, -0.2) is 10.4 Å². The second-order valence-corrected chi connectivity index (χ2v) is 8.55. The molecule has 0 atom stereocenters. The highest BCUT2D eigenvalue weighted by Gasteiger charge is 2.13. The van der Waals surface area contributed by atoms with Crippen molar-refractivity contribution in [3.8, 4) is 0 Å². The molecule has 4 rings (SSSR count). The van der Waals surface area contributed by atoms with E-state index in [0.29, 0.717) is 11.6 Å². The van der Waals surface area contributed by atoms with Crippen LogP contribution in [0.15, 0.2) is 76.3 Å². The summed E-state index contributed by atoms with van der Waals surface area (Å²) in [4.78, 5) is 17.9. The molecular formula is C21H17ClN4OS2. The molecule has 0 radical (unpaired) electrons. The van der Waals surface area contributed by atoms with Gasteiger partial charge >= 0.3 is 0 Å². The monoisotopic (exact) mass is 440 g/mol. The maximum atomic E-state index is 12.2. The van der Waals surface area contributed by atoms with E-state index in [0.717, 1.165) is 26.6 Å². The summed E-state index contributed by atoms with van der Waals surface area (Å²) < 4.78 is 2.12. The Morgan fingerprint density at radius 1 is 1.17 bits per heavy atom. The Hall–Kier alpha value is -2.61. The molecule has 0 aliphatic heterocycles. The van der Waals surface area contributed by atoms with Crippen molar-refractivity contribution in [3.05, 3.63) is 81.5 Å². The molecule has 0 fully saturated rings. The zero-order chi connectivity index (χ0) is 20.1. The molecule has 0 spiro atoms. The van der Waals surface area contributed by atoms with Gasteiger partial charge in [0, 0.05) is 9.90 Å². The second-order valence-electron chi connectivity index (χ2n) is 6.19. The molecule has 0 bridgehead atoms. The first kappa shape index (κ1) is 19.7. The average molecular weight is 441 g/mol. The Morgan fingerprint density at radius 2 is 2.00 bits per heavy atom. The zero-order valence-electron chi connectivity index (χ0n) is 15.3. The number of carbonyl (C=O) groups excluding carboxylic acids is 1. The Kier molecular flexibility index (Phi) is 6.29. The van der Waals surface area contributed by atoms with Crippen LogP contribution >= 0.6 is 34.7 Å². The largest absolute Gasteiger partial charge is 0.314 e. The Morgan fingerprint density at radius 3 is 2.79 bits per heavy atom. The number of hydrogen-bond donors (Lipinski definition) is 1. The number of imidazole rings is 1. The van der Waals surface area contributed by atoms with Crippen LogP contribution in [0.4, 0.5) is 0 Å². The maximum absolute atomic E-state index is 12.2. The van der Waals surface area contributed by atoms with Gasteiger partial charge in [-0.15, -0.1) is 11.3 Å². The third kappa shape index (κ3) is 5.06. The van der Waals surface area contributed by atoms with Crippen LogP contribution in [-0.2, 0) is 11.3 Å². The summed E-state index contributed by atoms with van der Waals surface area (Å²) in [7, 11) is 0. The normalized spacial score (nSPS) is 11.3. The van der Waals surface area contributed by atoms with Crippen molar-refractivity contribution in [3.63, 3.8) is 0 Å². The number of hydrogen-bond acceptors (Lipinski definition) is 5. The van der Waals surface area contributed by atoms with Gasteiger partial charge in [0.15, 0.2) is 5.16 Å². The van der Waals surface area contributed by atoms with Crippen molar-refractivity contribution in [2.24, 2.45) is 5.10 Å². The highest BCUT2D eigenvalue weighted by atomic mass is 35.5. The molecule has 0 aliphatic carbocycles. The van der Waals surface area contributed by atoms with Crippen LogP contribution < -0.4 is 5.43 Å². The van der Waals surface area contributed by atoms with Crippen molar-refractivity contribution in [2.75, 3.05) is 5.75 Å². The van der Waals surface area contributed by atoms with E-state index >= 15 is 0 Å². The van der Waals surface area contributed by atoms with E-state index in [4.69, 9.17) is 16.6 Å². The highest BCUT2D eigenvalue weighted by Crippen LogP contribution is 2.25. The van der Waals surface area contributed by atoms with Gasteiger partial charge in [0.1, 0.15) is 0 Å². The lowest BCUT2D eigenvalue weighted by Crippen LogP contribution is -2.20. The van der Waals surface area contributed by atoms with Gasteiger partial charge in [-0.05, 0) is 41.3 Å². The van der Waals surface area contributed by atoms with E-state index in [-0.39, 0.29) is 11.7 Å². The molecule has 2 aromatic heterocycles. The molecule has 4 aromatic rings. The number of amides is 1. The third-order valence-corrected chi connectivity index (χ3v) is 6.17. The molecule has 2 heterocycles. The van der Waals surface area contributed by atoms with Crippen molar-refractivity contribution in [2.45, 2.75) is 11.7 Å². The Balaban J connectivity index is 1.47. The number of hydrazone groups is 1. The van der Waals surface area contributed by atoms with Crippen molar-refractivity contribution >= 4 is 57.9 Å². The van der Waals surface area contributed by atoms with Crippen LogP contribution in [0.2, 0.25) is 5.02 Å². The van der Waals surface area contributed by atoms with Crippen LogP contribution in [-0.4, -0.2) is 27.4 Å². The summed E-state index contributed by atoms with van der Waals surface area (Å²) in [5, 5.41) is 7.46. The summed E-state index contributed by atoms with van der Waals surface area (Å²) in [6.45, 7) is 0.651. The van der Waals surface area contributed by atoms with Crippen LogP contribution in [0.25, 0.3) is 11.0 Å². The second kappa shape index (κ2) is 9.26. The van der Waals surface area contributed by atoms with Gasteiger partial charge in [0.2, 0.25) is 0 Å². The van der Waals surface area contributed by atoms with Crippen LogP contribution in [0.1, 0.15) is 10.4 Å². The summed E-state index contributed by atoms with van der Waals surface area (Å²) >= 11 is 8.96. The van der Waals surface area contributed by atoms with Crippen LogP contribution in [0.5, 0.6) is 0 Å². The summed E-state index contributed by atoms with van der Waals surface area (Å²) in [6.07, 6.45) is 1.64. The van der Waals surface area contributed by atoms with Crippen LogP contribution in [0, 0.1) is 0 Å². The number of rotatable bonds is 7. The fraction of sp³-hybridized carbons (Fsp3) is 0.0952. The molecule has 29 heavy (non-hydrogen) atoms. The van der Waals surface area contributed by atoms with Gasteiger partial charge < -0.3 is 4.57 Å². The lowest BCUT2D eigenvalue weighted by Gasteiger charge is -2.09. The van der Waals surface area contributed by atoms with E-state index in [1.54, 1.807) is 17.6 Å². The molecule has 0 unspecified atom stereocenters. The molecule has 8 heteroatoms. The molecule has 5 nitrogen and oxygen atoms in total. The first-order valence-corrected chi connectivity index (χ1v) is 11.1. The van der Waals surface area contributed by atoms with E-state index < -0.39 is 0 Å². The molecule has 1 N–H and O–H groups in total. The van der Waals surface area contributed by atoms with Gasteiger partial charge in [-0.3, -0.25) is 4.79 Å². The van der Waals surface area contributed by atoms with E-state index in [1.807, 2.05) is 66.0 Å². The average Bonchev–Trinajstić information content (AvgIpc) is 3.36. The van der Waals surface area contributed by atoms with Crippen molar-refractivity contribution in [1.29, 1.82) is 0 Å². The van der Waals surface area contributed by atoms with Gasteiger partial charge in [-0.1, -0.05) is 53.7 Å². The molecule has 1 amide bonds. The summed E-state index contributed by atoms with van der Waals surface area (Å²) in [6, 6.07) is 19.6. The minimum absolute atomic E-state index is 0.173. The van der Waals surface area contributed by atoms with E-state index in [1.165, 1.54) is 11.8 Å². The summed E-state index contributed by atoms with van der Waals surface area (Å²) in [5.41, 5.74) is 5.61. The van der Waals surface area contributed by atoms with Gasteiger partial charge in [0.05, 0.1) is 29.5 Å². The lowest BCUT2D eigenvalue weighted by molar-refractivity contribution is -0.118. The number of aromatic nitrogens is 2. The Bertz CT molecular complexity index is 1140. The first-order chi connectivity index (χ1) is 14.2. The Labute approximate surface area is 181 Å². The molecule has 146 valence electrons. The number of fused-ring (bicyclic) bond motifs is 1. The van der Waals surface area contributed by atoms with Crippen LogP contribution in [0.3, 0.4) is 0 Å². The van der Waals surface area contributed by atoms with Gasteiger partial charge in [0.25, 0.3) is 5.91 Å². The predicted octanol–water partition coefficient (Wildman–Crippen LogP) is 5.04. The topological polar surface area (TPSA) is 59.3 Å². The summed E-state index contributed by atoms with van der Waals surface area (Å²) in [5.74, 6) is 0.0547. The molecule has 0 saturated carbocycles. The number of nitrogens with zero attached hydrogens (tertiary/aromatic N) is 3. The lowest BCUT2D eigenvalue weighted by atomic mass is 10.2. The minimum atomic E-state index is -0.173. The molecule has 0 aliphatic rings. The van der Waals surface area contributed by atoms with E-state index in [2.05, 4.69) is 15.1 Å². The van der Waals surface area contributed by atoms with Gasteiger partial charge in [-0.2, -0.15) is 5.10 Å². The molecular weight excluding hydrogens is 424 g/mol. The smallest absolute Gasteiger partial charge is 0.250 e. The molecule has 2 aromatic carbocycles. The highest BCUT2D eigenvalue weighted by molar-refractivity contribution is 7.99. The first-order valence-electron chi connectivity index (χ1n) is 8.87. The fourth-order valence-corrected chi connectivity index (χ4v) is 4.30.